The van der Waals surface area contributed by atoms with Crippen molar-refractivity contribution in [1.82, 2.24) is 20.1 Å². The Balaban J connectivity index is 1.38. The van der Waals surface area contributed by atoms with Crippen molar-refractivity contribution in [1.29, 1.82) is 0 Å². The van der Waals surface area contributed by atoms with E-state index in [0.29, 0.717) is 6.54 Å². The van der Waals surface area contributed by atoms with Crippen LogP contribution in [0.4, 0.5) is 4.79 Å². The number of aryl methyl sites for hydroxylation is 1. The van der Waals surface area contributed by atoms with Crippen LogP contribution in [0, 0.1) is 6.92 Å². The zero-order valence-electron chi connectivity index (χ0n) is 14.8. The van der Waals surface area contributed by atoms with E-state index in [2.05, 4.69) is 39.5 Å². The highest BCUT2D eigenvalue weighted by Gasteiger charge is 2.20. The quantitative estimate of drug-likeness (QED) is 0.911. The van der Waals surface area contributed by atoms with Gasteiger partial charge >= 0.3 is 6.03 Å². The summed E-state index contributed by atoms with van der Waals surface area (Å²) >= 11 is 0. The number of urea groups is 1. The molecule has 1 aromatic heterocycles. The molecule has 5 heteroatoms. The number of carbonyl (C=O) groups is 1. The Hall–Kier alpha value is -2.40. The third kappa shape index (κ3) is 5.29. The molecule has 0 atom stereocenters. The van der Waals surface area contributed by atoms with Gasteiger partial charge in [0.2, 0.25) is 0 Å². The fourth-order valence-electron chi connectivity index (χ4n) is 3.08. The third-order valence-corrected chi connectivity index (χ3v) is 4.59. The summed E-state index contributed by atoms with van der Waals surface area (Å²) in [4.78, 5) is 21.1. The maximum Gasteiger partial charge on any atom is 0.317 e. The van der Waals surface area contributed by atoms with Gasteiger partial charge in [-0.15, -0.1) is 0 Å². The van der Waals surface area contributed by atoms with Crippen molar-refractivity contribution in [2.24, 2.45) is 0 Å². The molecular formula is C20H26N4O. The van der Waals surface area contributed by atoms with Gasteiger partial charge in [0.05, 0.1) is 12.2 Å². The summed E-state index contributed by atoms with van der Waals surface area (Å²) in [6.45, 7) is 6.91. The summed E-state index contributed by atoms with van der Waals surface area (Å²) in [6, 6.07) is 16.4. The molecule has 1 aliphatic rings. The molecule has 2 heterocycles. The number of piperazine rings is 1. The lowest BCUT2D eigenvalue weighted by molar-refractivity contribution is 0.140. The predicted octanol–water partition coefficient (Wildman–Crippen LogP) is 2.46. The van der Waals surface area contributed by atoms with E-state index in [9.17, 15) is 4.79 Å². The van der Waals surface area contributed by atoms with Crippen molar-refractivity contribution in [3.8, 4) is 0 Å². The van der Waals surface area contributed by atoms with Crippen LogP contribution in [0.2, 0.25) is 0 Å². The number of nitrogens with one attached hydrogen (secondary N) is 1. The van der Waals surface area contributed by atoms with Gasteiger partial charge in [0.15, 0.2) is 0 Å². The molecule has 1 N–H and O–H groups in total. The van der Waals surface area contributed by atoms with E-state index in [0.717, 1.165) is 50.5 Å². The molecule has 132 valence electrons. The Bertz CT molecular complexity index is 681. The van der Waals surface area contributed by atoms with Crippen molar-refractivity contribution in [2.45, 2.75) is 19.9 Å². The molecule has 0 spiro atoms. The van der Waals surface area contributed by atoms with E-state index in [1.807, 2.05) is 36.1 Å². The lowest BCUT2D eigenvalue weighted by Gasteiger charge is -2.34. The standard InChI is InChI=1S/C20H26N4O/c1-17-6-5-9-19(22-17)16-21-20(25)24-14-12-23(13-15-24)11-10-18-7-3-2-4-8-18/h2-9H,10-16H2,1H3,(H,21,25). The monoisotopic (exact) mass is 338 g/mol. The Morgan fingerprint density at radius 1 is 1.04 bits per heavy atom. The third-order valence-electron chi connectivity index (χ3n) is 4.59. The van der Waals surface area contributed by atoms with E-state index in [4.69, 9.17) is 0 Å². The van der Waals surface area contributed by atoms with Gasteiger partial charge in [-0.2, -0.15) is 0 Å². The maximum atomic E-state index is 12.3. The predicted molar refractivity (Wildman–Crippen MR) is 99.4 cm³/mol. The van der Waals surface area contributed by atoms with E-state index in [-0.39, 0.29) is 6.03 Å². The van der Waals surface area contributed by atoms with Crippen LogP contribution in [0.3, 0.4) is 0 Å². The first kappa shape index (κ1) is 17.4. The molecule has 0 aliphatic carbocycles. The number of rotatable bonds is 5. The van der Waals surface area contributed by atoms with E-state index in [1.165, 1.54) is 5.56 Å². The molecule has 0 bridgehead atoms. The zero-order valence-corrected chi connectivity index (χ0v) is 14.8. The minimum absolute atomic E-state index is 0.00557. The summed E-state index contributed by atoms with van der Waals surface area (Å²) in [5.41, 5.74) is 3.24. The zero-order chi connectivity index (χ0) is 17.5. The Kier molecular flexibility index (Phi) is 6.01. The number of benzene rings is 1. The minimum Gasteiger partial charge on any atom is -0.332 e. The van der Waals surface area contributed by atoms with Gasteiger partial charge in [-0.3, -0.25) is 9.88 Å². The number of hydrogen-bond acceptors (Lipinski definition) is 3. The van der Waals surface area contributed by atoms with Gasteiger partial charge in [-0.05, 0) is 31.0 Å². The lowest BCUT2D eigenvalue weighted by atomic mass is 10.1. The highest BCUT2D eigenvalue weighted by atomic mass is 16.2. The lowest BCUT2D eigenvalue weighted by Crippen LogP contribution is -2.51. The summed E-state index contributed by atoms with van der Waals surface area (Å²) in [6.07, 6.45) is 1.06. The maximum absolute atomic E-state index is 12.3. The van der Waals surface area contributed by atoms with Gasteiger partial charge in [0.25, 0.3) is 0 Å². The molecule has 0 unspecified atom stereocenters. The SMILES string of the molecule is Cc1cccc(CNC(=O)N2CCN(CCc3ccccc3)CC2)n1. The number of carbonyl (C=O) groups excluding carboxylic acids is 1. The van der Waals surface area contributed by atoms with Crippen LogP contribution in [-0.4, -0.2) is 53.5 Å². The molecule has 0 radical (unpaired) electrons. The first-order chi connectivity index (χ1) is 12.2. The van der Waals surface area contributed by atoms with Crippen LogP contribution in [-0.2, 0) is 13.0 Å². The largest absolute Gasteiger partial charge is 0.332 e. The number of nitrogens with zero attached hydrogens (tertiary/aromatic N) is 3. The van der Waals surface area contributed by atoms with Crippen molar-refractivity contribution in [3.05, 3.63) is 65.5 Å². The van der Waals surface area contributed by atoms with Crippen LogP contribution in [0.1, 0.15) is 17.0 Å². The number of pyridine rings is 1. The average molecular weight is 338 g/mol. The minimum atomic E-state index is 0.00557. The highest BCUT2D eigenvalue weighted by Crippen LogP contribution is 2.06. The Morgan fingerprint density at radius 3 is 2.52 bits per heavy atom. The Morgan fingerprint density at radius 2 is 1.80 bits per heavy atom. The molecule has 0 saturated carbocycles. The normalized spacial score (nSPS) is 15.2. The summed E-state index contributed by atoms with van der Waals surface area (Å²) in [5.74, 6) is 0. The first-order valence-electron chi connectivity index (χ1n) is 8.92. The van der Waals surface area contributed by atoms with Crippen LogP contribution < -0.4 is 5.32 Å². The molecule has 2 amide bonds. The van der Waals surface area contributed by atoms with Crippen molar-refractivity contribution in [3.63, 3.8) is 0 Å². The van der Waals surface area contributed by atoms with Gasteiger partial charge < -0.3 is 10.2 Å². The number of amides is 2. The van der Waals surface area contributed by atoms with Crippen molar-refractivity contribution < 1.29 is 4.79 Å². The van der Waals surface area contributed by atoms with Crippen LogP contribution in [0.25, 0.3) is 0 Å². The van der Waals surface area contributed by atoms with Gasteiger partial charge in [0, 0.05) is 38.4 Å². The second kappa shape index (κ2) is 8.62. The van der Waals surface area contributed by atoms with Crippen molar-refractivity contribution >= 4 is 6.03 Å². The van der Waals surface area contributed by atoms with Crippen LogP contribution in [0.15, 0.2) is 48.5 Å². The van der Waals surface area contributed by atoms with E-state index >= 15 is 0 Å². The second-order valence-electron chi connectivity index (χ2n) is 6.49. The molecule has 25 heavy (non-hydrogen) atoms. The van der Waals surface area contributed by atoms with Gasteiger partial charge in [0.1, 0.15) is 0 Å². The number of hydrogen-bond donors (Lipinski definition) is 1. The smallest absolute Gasteiger partial charge is 0.317 e. The molecule has 1 aromatic carbocycles. The van der Waals surface area contributed by atoms with Gasteiger partial charge in [-0.1, -0.05) is 36.4 Å². The molecule has 1 fully saturated rings. The second-order valence-corrected chi connectivity index (χ2v) is 6.49. The molecule has 2 aromatic rings. The van der Waals surface area contributed by atoms with Crippen LogP contribution in [0.5, 0.6) is 0 Å². The molecule has 1 aliphatic heterocycles. The summed E-state index contributed by atoms with van der Waals surface area (Å²) < 4.78 is 0. The highest BCUT2D eigenvalue weighted by molar-refractivity contribution is 5.74. The van der Waals surface area contributed by atoms with Crippen LogP contribution >= 0.6 is 0 Å². The molecule has 1 saturated heterocycles. The fourth-order valence-corrected chi connectivity index (χ4v) is 3.08. The van der Waals surface area contributed by atoms with E-state index in [1.54, 1.807) is 0 Å². The average Bonchev–Trinajstić information content (AvgIpc) is 2.66. The first-order valence-corrected chi connectivity index (χ1v) is 8.92. The molecular weight excluding hydrogens is 312 g/mol. The fraction of sp³-hybridized carbons (Fsp3) is 0.400. The van der Waals surface area contributed by atoms with E-state index < -0.39 is 0 Å². The molecule has 3 rings (SSSR count). The van der Waals surface area contributed by atoms with Crippen molar-refractivity contribution in [2.75, 3.05) is 32.7 Å². The Labute approximate surface area is 149 Å². The number of aromatic nitrogens is 1. The summed E-state index contributed by atoms with van der Waals surface area (Å²) in [7, 11) is 0. The molecule has 5 nitrogen and oxygen atoms in total. The summed E-state index contributed by atoms with van der Waals surface area (Å²) in [5, 5.41) is 2.97. The van der Waals surface area contributed by atoms with Gasteiger partial charge in [-0.25, -0.2) is 4.79 Å². The topological polar surface area (TPSA) is 48.5 Å².